The topological polar surface area (TPSA) is 59.4 Å². The number of carbonyl (C=O) groups is 3. The van der Waals surface area contributed by atoms with Gasteiger partial charge in [-0.3, -0.25) is 19.3 Å². The second-order valence-electron chi connectivity index (χ2n) is 7.66. The van der Waals surface area contributed by atoms with Crippen LogP contribution in [0, 0.1) is 19.3 Å². The summed E-state index contributed by atoms with van der Waals surface area (Å²) in [5.74, 6) is -0.430. The first kappa shape index (κ1) is 17.9. The number of likely N-dealkylation sites (tertiary alicyclic amines) is 1. The molecular formula is C20H28N2O3. The van der Waals surface area contributed by atoms with Crippen molar-refractivity contribution in [3.63, 3.8) is 0 Å². The second kappa shape index (κ2) is 6.77. The van der Waals surface area contributed by atoms with Crippen LogP contribution in [0.2, 0.25) is 0 Å². The quantitative estimate of drug-likeness (QED) is 0.607. The number of aromatic nitrogens is 1. The number of rotatable bonds is 5. The molecule has 25 heavy (non-hydrogen) atoms. The molecule has 136 valence electrons. The third kappa shape index (κ3) is 3.05. The molecule has 0 unspecified atom stereocenters. The molecule has 1 spiro atoms. The monoisotopic (exact) mass is 344 g/mol. The standard InChI is InChI=1S/C20H28N2O3/c1-4-10-21-14(2)11-16(15(21)3)17(23)13-22-18(24)12-20(19(22)25)8-6-5-7-9-20/h11H,4-10,12-13H2,1-3H3. The predicted molar refractivity (Wildman–Crippen MR) is 95.4 cm³/mol. The van der Waals surface area contributed by atoms with Crippen LogP contribution < -0.4 is 0 Å². The highest BCUT2D eigenvalue weighted by atomic mass is 16.2. The predicted octanol–water partition coefficient (Wildman–Crippen LogP) is 3.41. The van der Waals surface area contributed by atoms with Crippen LogP contribution in [-0.4, -0.2) is 33.6 Å². The molecule has 0 aromatic carbocycles. The summed E-state index contributed by atoms with van der Waals surface area (Å²) >= 11 is 0. The molecular weight excluding hydrogens is 316 g/mol. The van der Waals surface area contributed by atoms with Crippen molar-refractivity contribution in [2.24, 2.45) is 5.41 Å². The fourth-order valence-electron chi connectivity index (χ4n) is 4.52. The lowest BCUT2D eigenvalue weighted by atomic mass is 9.73. The first-order valence-corrected chi connectivity index (χ1v) is 9.44. The molecule has 1 aliphatic carbocycles. The van der Waals surface area contributed by atoms with Gasteiger partial charge in [0.15, 0.2) is 5.78 Å². The maximum Gasteiger partial charge on any atom is 0.236 e. The minimum absolute atomic E-state index is 0.115. The zero-order valence-electron chi connectivity index (χ0n) is 15.6. The van der Waals surface area contributed by atoms with Gasteiger partial charge in [0.2, 0.25) is 11.8 Å². The van der Waals surface area contributed by atoms with Gasteiger partial charge in [-0.25, -0.2) is 0 Å². The van der Waals surface area contributed by atoms with Gasteiger partial charge in [-0.1, -0.05) is 26.2 Å². The molecule has 1 aliphatic heterocycles. The zero-order chi connectivity index (χ0) is 18.2. The Morgan fingerprint density at radius 3 is 2.48 bits per heavy atom. The van der Waals surface area contributed by atoms with E-state index in [1.807, 2.05) is 19.9 Å². The van der Waals surface area contributed by atoms with E-state index in [4.69, 9.17) is 0 Å². The molecule has 0 bridgehead atoms. The van der Waals surface area contributed by atoms with E-state index in [9.17, 15) is 14.4 Å². The minimum Gasteiger partial charge on any atom is -0.348 e. The summed E-state index contributed by atoms with van der Waals surface area (Å²) in [6.07, 6.45) is 5.98. The van der Waals surface area contributed by atoms with Crippen molar-refractivity contribution in [1.29, 1.82) is 0 Å². The average Bonchev–Trinajstić information content (AvgIpc) is 2.99. The van der Waals surface area contributed by atoms with Gasteiger partial charge in [0.25, 0.3) is 0 Å². The van der Waals surface area contributed by atoms with Crippen molar-refractivity contribution >= 4 is 17.6 Å². The van der Waals surface area contributed by atoms with Crippen molar-refractivity contribution in [1.82, 2.24) is 9.47 Å². The van der Waals surface area contributed by atoms with Crippen LogP contribution in [0.3, 0.4) is 0 Å². The van der Waals surface area contributed by atoms with Gasteiger partial charge in [-0.15, -0.1) is 0 Å². The molecule has 0 radical (unpaired) electrons. The van der Waals surface area contributed by atoms with E-state index in [2.05, 4.69) is 11.5 Å². The Labute approximate surface area is 149 Å². The van der Waals surface area contributed by atoms with E-state index in [0.29, 0.717) is 5.56 Å². The molecule has 1 aromatic rings. The Balaban J connectivity index is 1.78. The first-order valence-electron chi connectivity index (χ1n) is 9.44. The molecule has 2 aliphatic rings. The fourth-order valence-corrected chi connectivity index (χ4v) is 4.52. The highest BCUT2D eigenvalue weighted by Gasteiger charge is 2.51. The average molecular weight is 344 g/mol. The van der Waals surface area contributed by atoms with Crippen LogP contribution in [0.4, 0.5) is 0 Å². The largest absolute Gasteiger partial charge is 0.348 e. The van der Waals surface area contributed by atoms with Gasteiger partial charge in [-0.05, 0) is 39.2 Å². The van der Waals surface area contributed by atoms with Crippen LogP contribution in [-0.2, 0) is 16.1 Å². The van der Waals surface area contributed by atoms with Gasteiger partial charge < -0.3 is 4.57 Å². The van der Waals surface area contributed by atoms with E-state index in [1.165, 1.54) is 4.90 Å². The molecule has 2 heterocycles. The number of carbonyl (C=O) groups excluding carboxylic acids is 3. The van der Waals surface area contributed by atoms with Crippen molar-refractivity contribution in [3.05, 3.63) is 23.0 Å². The fraction of sp³-hybridized carbons (Fsp3) is 0.650. The Morgan fingerprint density at radius 1 is 1.16 bits per heavy atom. The van der Waals surface area contributed by atoms with E-state index in [-0.39, 0.29) is 30.6 Å². The van der Waals surface area contributed by atoms with Crippen LogP contribution in [0.5, 0.6) is 0 Å². The third-order valence-corrected chi connectivity index (χ3v) is 5.92. The summed E-state index contributed by atoms with van der Waals surface area (Å²) in [5.41, 5.74) is 2.09. The van der Waals surface area contributed by atoms with Crippen LogP contribution in [0.15, 0.2) is 6.07 Å². The van der Waals surface area contributed by atoms with E-state index < -0.39 is 5.41 Å². The molecule has 0 atom stereocenters. The first-order chi connectivity index (χ1) is 11.9. The van der Waals surface area contributed by atoms with Crippen LogP contribution in [0.1, 0.15) is 73.6 Å². The number of hydrogen-bond acceptors (Lipinski definition) is 3. The van der Waals surface area contributed by atoms with Gasteiger partial charge >= 0.3 is 0 Å². The molecule has 2 fully saturated rings. The number of Topliss-reactive ketones (excluding diaryl/α,β-unsaturated/α-hetero) is 1. The smallest absolute Gasteiger partial charge is 0.236 e. The number of imide groups is 1. The second-order valence-corrected chi connectivity index (χ2v) is 7.66. The van der Waals surface area contributed by atoms with Crippen molar-refractivity contribution < 1.29 is 14.4 Å². The highest BCUT2D eigenvalue weighted by Crippen LogP contribution is 2.45. The zero-order valence-corrected chi connectivity index (χ0v) is 15.6. The Hall–Kier alpha value is -1.91. The maximum atomic E-state index is 12.9. The van der Waals surface area contributed by atoms with Gasteiger partial charge in [0, 0.05) is 29.9 Å². The van der Waals surface area contributed by atoms with Gasteiger partial charge in [-0.2, -0.15) is 0 Å². The number of hydrogen-bond donors (Lipinski definition) is 0. The lowest BCUT2D eigenvalue weighted by molar-refractivity contribution is -0.141. The molecule has 2 amide bonds. The normalized spacial score (nSPS) is 19.9. The van der Waals surface area contributed by atoms with Crippen molar-refractivity contribution in [3.8, 4) is 0 Å². The highest BCUT2D eigenvalue weighted by molar-refractivity contribution is 6.10. The molecule has 1 saturated heterocycles. The van der Waals surface area contributed by atoms with Gasteiger partial charge in [0.1, 0.15) is 0 Å². The summed E-state index contributed by atoms with van der Waals surface area (Å²) in [5, 5.41) is 0. The summed E-state index contributed by atoms with van der Waals surface area (Å²) in [7, 11) is 0. The minimum atomic E-state index is -0.519. The molecule has 5 heteroatoms. The van der Waals surface area contributed by atoms with Gasteiger partial charge in [0.05, 0.1) is 12.0 Å². The summed E-state index contributed by atoms with van der Waals surface area (Å²) in [6.45, 7) is 6.78. The Bertz CT molecular complexity index is 711. The number of nitrogens with zero attached hydrogens (tertiary/aromatic N) is 2. The van der Waals surface area contributed by atoms with Crippen LogP contribution >= 0.6 is 0 Å². The molecule has 3 rings (SSSR count). The summed E-state index contributed by atoms with van der Waals surface area (Å²) in [4.78, 5) is 39.3. The number of aryl methyl sites for hydroxylation is 1. The lowest BCUT2D eigenvalue weighted by Gasteiger charge is -2.30. The molecule has 1 aromatic heterocycles. The lowest BCUT2D eigenvalue weighted by Crippen LogP contribution is -2.39. The summed E-state index contributed by atoms with van der Waals surface area (Å²) < 4.78 is 2.13. The SMILES string of the molecule is CCCn1c(C)cc(C(=O)CN2C(=O)CC3(CCCCC3)C2=O)c1C. The third-order valence-electron chi connectivity index (χ3n) is 5.92. The number of amides is 2. The Kier molecular flexibility index (Phi) is 4.85. The molecule has 1 saturated carbocycles. The van der Waals surface area contributed by atoms with E-state index in [0.717, 1.165) is 56.5 Å². The molecule has 5 nitrogen and oxygen atoms in total. The van der Waals surface area contributed by atoms with Crippen LogP contribution in [0.25, 0.3) is 0 Å². The summed E-state index contributed by atoms with van der Waals surface area (Å²) in [6, 6.07) is 1.88. The van der Waals surface area contributed by atoms with Crippen molar-refractivity contribution in [2.75, 3.05) is 6.54 Å². The molecule has 0 N–H and O–H groups in total. The van der Waals surface area contributed by atoms with Crippen molar-refractivity contribution in [2.45, 2.75) is 72.3 Å². The van der Waals surface area contributed by atoms with E-state index in [1.54, 1.807) is 0 Å². The number of ketones is 1. The van der Waals surface area contributed by atoms with E-state index >= 15 is 0 Å². The Morgan fingerprint density at radius 2 is 1.84 bits per heavy atom. The maximum absolute atomic E-state index is 12.9.